The minimum atomic E-state index is -0.935. The Balaban J connectivity index is 0. The fraction of sp³-hybridized carbons (Fsp3) is 0.464. The summed E-state index contributed by atoms with van der Waals surface area (Å²) in [6, 6.07) is 10.0. The summed E-state index contributed by atoms with van der Waals surface area (Å²) in [4.78, 5) is 31.3. The molecule has 1 rings (SSSR count). The highest BCUT2D eigenvalue weighted by Gasteiger charge is 2.12. The Labute approximate surface area is 225 Å². The molecule has 38 heavy (non-hydrogen) atoms. The van der Waals surface area contributed by atoms with Gasteiger partial charge in [-0.2, -0.15) is 0 Å². The van der Waals surface area contributed by atoms with Crippen molar-refractivity contribution in [2.24, 2.45) is 0 Å². The molecule has 10 heteroatoms. The van der Waals surface area contributed by atoms with Crippen LogP contribution in [0.5, 0.6) is 0 Å². The first-order valence-corrected chi connectivity index (χ1v) is 12.0. The third kappa shape index (κ3) is 23.1. The van der Waals surface area contributed by atoms with Gasteiger partial charge in [0.1, 0.15) is 6.61 Å². The summed E-state index contributed by atoms with van der Waals surface area (Å²) in [6.07, 6.45) is 2.82. The van der Waals surface area contributed by atoms with Gasteiger partial charge in [-0.25, -0.2) is 14.4 Å². The number of hydrogen-bond acceptors (Lipinski definition) is 8. The van der Waals surface area contributed by atoms with Crippen LogP contribution in [0.1, 0.15) is 39.7 Å². The van der Waals surface area contributed by atoms with E-state index in [1.165, 1.54) is 12.5 Å². The molecule has 0 amide bonds. The van der Waals surface area contributed by atoms with Gasteiger partial charge in [0.05, 0.1) is 26.4 Å². The number of aliphatic carboxylic acids is 2. The van der Waals surface area contributed by atoms with Gasteiger partial charge >= 0.3 is 17.9 Å². The first-order chi connectivity index (χ1) is 18.0. The largest absolute Gasteiger partial charge is 0.478 e. The Kier molecular flexibility index (Phi) is 23.3. The zero-order chi connectivity index (χ0) is 29.3. The van der Waals surface area contributed by atoms with E-state index in [9.17, 15) is 14.4 Å². The number of esters is 1. The van der Waals surface area contributed by atoms with E-state index in [0.717, 1.165) is 12.8 Å². The highest BCUT2D eigenvalue weighted by Crippen LogP contribution is 2.05. The van der Waals surface area contributed by atoms with Crippen molar-refractivity contribution in [2.45, 2.75) is 46.8 Å². The second kappa shape index (κ2) is 24.1. The fourth-order valence-corrected chi connectivity index (χ4v) is 2.19. The second-order valence-electron chi connectivity index (χ2n) is 7.77. The van der Waals surface area contributed by atoms with E-state index < -0.39 is 24.2 Å². The molecule has 1 unspecified atom stereocenters. The summed E-state index contributed by atoms with van der Waals surface area (Å²) >= 11 is 0. The lowest BCUT2D eigenvalue weighted by atomic mass is 10.1. The lowest BCUT2D eigenvalue weighted by Gasteiger charge is -2.17. The number of ether oxygens (including phenoxy) is 4. The third-order valence-corrected chi connectivity index (χ3v) is 4.25. The normalized spacial score (nSPS) is 11.1. The smallest absolute Gasteiger partial charge is 0.333 e. The Morgan fingerprint density at radius 3 is 2.00 bits per heavy atom. The van der Waals surface area contributed by atoms with Gasteiger partial charge in [0.2, 0.25) is 0 Å². The van der Waals surface area contributed by atoms with Crippen LogP contribution in [0.4, 0.5) is 0 Å². The summed E-state index contributed by atoms with van der Waals surface area (Å²) in [6.45, 7) is 14.4. The lowest BCUT2D eigenvalue weighted by molar-refractivity contribution is -0.182. The first-order valence-electron chi connectivity index (χ1n) is 12.0. The third-order valence-electron chi connectivity index (χ3n) is 4.25. The van der Waals surface area contributed by atoms with Gasteiger partial charge in [-0.1, -0.05) is 49.6 Å². The number of aryl methyl sites for hydroxylation is 1. The molecule has 0 aliphatic heterocycles. The average Bonchev–Trinajstić information content (AvgIpc) is 2.88. The zero-order valence-electron chi connectivity index (χ0n) is 22.8. The summed E-state index contributed by atoms with van der Waals surface area (Å²) in [5, 5.41) is 25.0. The van der Waals surface area contributed by atoms with Crippen LogP contribution in [0.3, 0.4) is 0 Å². The predicted molar refractivity (Wildman–Crippen MR) is 144 cm³/mol. The Morgan fingerprint density at radius 1 is 0.921 bits per heavy atom. The number of carboxylic acid groups (broad SMARTS) is 2. The maximum Gasteiger partial charge on any atom is 0.333 e. The van der Waals surface area contributed by atoms with Crippen molar-refractivity contribution in [3.8, 4) is 0 Å². The lowest BCUT2D eigenvalue weighted by Crippen LogP contribution is -2.27. The van der Waals surface area contributed by atoms with Crippen molar-refractivity contribution in [1.82, 2.24) is 0 Å². The molecule has 1 atom stereocenters. The number of carbonyl (C=O) groups is 3. The maximum absolute atomic E-state index is 11.2. The second-order valence-corrected chi connectivity index (χ2v) is 7.77. The molecule has 1 aromatic rings. The minimum Gasteiger partial charge on any atom is -0.478 e. The fourth-order valence-electron chi connectivity index (χ4n) is 2.19. The molecule has 0 heterocycles. The van der Waals surface area contributed by atoms with Crippen molar-refractivity contribution < 1.29 is 48.7 Å². The van der Waals surface area contributed by atoms with Crippen LogP contribution in [0.25, 0.3) is 0 Å². The monoisotopic (exact) mass is 538 g/mol. The highest BCUT2D eigenvalue weighted by molar-refractivity contribution is 5.87. The molecule has 3 N–H and O–H groups in total. The van der Waals surface area contributed by atoms with Crippen LogP contribution in [0.2, 0.25) is 0 Å². The van der Waals surface area contributed by atoms with Gasteiger partial charge in [0, 0.05) is 23.3 Å². The molecule has 0 aliphatic carbocycles. The molecular formula is C28H42O10. The van der Waals surface area contributed by atoms with Crippen molar-refractivity contribution in [3.63, 3.8) is 0 Å². The summed E-state index contributed by atoms with van der Waals surface area (Å²) in [7, 11) is 0. The zero-order valence-corrected chi connectivity index (χ0v) is 22.8. The van der Waals surface area contributed by atoms with E-state index in [1.807, 2.05) is 37.3 Å². The van der Waals surface area contributed by atoms with Crippen LogP contribution in [-0.4, -0.2) is 79.2 Å². The quantitative estimate of drug-likeness (QED) is 0.123. The van der Waals surface area contributed by atoms with E-state index in [1.54, 1.807) is 19.9 Å². The van der Waals surface area contributed by atoms with Crippen LogP contribution >= 0.6 is 0 Å². The molecule has 0 aromatic heterocycles. The number of aliphatic hydroxyl groups is 1. The number of allylic oxidation sites excluding steroid dienone is 1. The van der Waals surface area contributed by atoms with Gasteiger partial charge in [0.15, 0.2) is 6.29 Å². The van der Waals surface area contributed by atoms with E-state index >= 15 is 0 Å². The van der Waals surface area contributed by atoms with Gasteiger partial charge in [-0.05, 0) is 46.1 Å². The van der Waals surface area contributed by atoms with Gasteiger partial charge in [-0.3, -0.25) is 0 Å². The predicted octanol–water partition coefficient (Wildman–Crippen LogP) is 3.79. The molecule has 10 nitrogen and oxygen atoms in total. The molecule has 0 spiro atoms. The topological polar surface area (TPSA) is 149 Å². The van der Waals surface area contributed by atoms with Crippen molar-refractivity contribution in [2.75, 3.05) is 39.6 Å². The summed E-state index contributed by atoms with van der Waals surface area (Å²) in [5.74, 6) is -2.24. The summed E-state index contributed by atoms with van der Waals surface area (Å²) < 4.78 is 20.5. The Bertz CT molecular complexity index is 850. The average molecular weight is 539 g/mol. The van der Waals surface area contributed by atoms with E-state index in [2.05, 4.69) is 13.2 Å². The maximum atomic E-state index is 11.2. The number of aliphatic hydroxyl groups excluding tert-OH is 1. The van der Waals surface area contributed by atoms with Crippen LogP contribution in [0, 0.1) is 0 Å². The molecule has 0 aliphatic rings. The Hall–Kier alpha value is -3.31. The molecule has 0 fully saturated rings. The number of benzene rings is 1. The highest BCUT2D eigenvalue weighted by atomic mass is 16.7. The molecule has 0 saturated carbocycles. The van der Waals surface area contributed by atoms with E-state index in [0.29, 0.717) is 31.0 Å². The number of carboxylic acids is 2. The van der Waals surface area contributed by atoms with E-state index in [4.69, 9.17) is 34.3 Å². The molecule has 214 valence electrons. The van der Waals surface area contributed by atoms with Crippen LogP contribution in [-0.2, 0) is 39.8 Å². The SMILES string of the molecule is C=C(C)C(=O)O.C=C(C)C(=O)OCC(OCC)OCCOCCO.CC(=CCCc1ccccc1)C(=O)O. The number of hydrogen-bond donors (Lipinski definition) is 3. The van der Waals surface area contributed by atoms with Gasteiger partial charge < -0.3 is 34.3 Å². The molecular weight excluding hydrogens is 496 g/mol. The molecule has 0 radical (unpaired) electrons. The molecule has 0 bridgehead atoms. The van der Waals surface area contributed by atoms with Gasteiger partial charge in [-0.15, -0.1) is 0 Å². The standard InChI is InChI=1S/C12H22O6.C12H14O2.C4H6O2/c1-4-16-11(9-18-12(14)10(2)3)17-8-7-15-6-5-13;1-10(12(13)14)6-5-9-11-7-3-2-4-8-11;1-3(2)4(5)6/h11,13H,2,4-9H2,1,3H3;2-4,6-8H,5,9H2,1H3,(H,13,14);1H2,2H3,(H,5,6). The number of carbonyl (C=O) groups excluding carboxylic acids is 1. The molecule has 0 saturated heterocycles. The van der Waals surface area contributed by atoms with Crippen LogP contribution in [0.15, 0.2) is 66.3 Å². The molecule has 1 aromatic carbocycles. The van der Waals surface area contributed by atoms with E-state index in [-0.39, 0.29) is 25.4 Å². The van der Waals surface area contributed by atoms with Crippen molar-refractivity contribution >= 4 is 17.9 Å². The Morgan fingerprint density at radius 2 is 1.53 bits per heavy atom. The van der Waals surface area contributed by atoms with Crippen LogP contribution < -0.4 is 0 Å². The van der Waals surface area contributed by atoms with Crippen molar-refractivity contribution in [3.05, 3.63) is 71.8 Å². The minimum absolute atomic E-state index is 0.0134. The van der Waals surface area contributed by atoms with Crippen molar-refractivity contribution in [1.29, 1.82) is 0 Å². The summed E-state index contributed by atoms with van der Waals surface area (Å²) in [5.41, 5.74) is 2.16. The first kappa shape index (κ1) is 36.8. The van der Waals surface area contributed by atoms with Gasteiger partial charge in [0.25, 0.3) is 0 Å². The number of rotatable bonds is 16.